The molecular weight excluding hydrogens is 403 g/mol. The number of hydrogen-bond acceptors (Lipinski definition) is 2. The van der Waals surface area contributed by atoms with Gasteiger partial charge in [0.2, 0.25) is 0 Å². The molecule has 1 heterocycles. The second-order valence-corrected chi connectivity index (χ2v) is 5.96. The number of nitrogens with two attached hydrogens (primary N) is 1. The van der Waals surface area contributed by atoms with Crippen LogP contribution in [0, 0.1) is 5.92 Å². The summed E-state index contributed by atoms with van der Waals surface area (Å²) in [5, 5.41) is 2.64. The normalized spacial score (nSPS) is 18.3. The molecule has 1 saturated heterocycles. The molecule has 0 spiro atoms. The molecule has 5 nitrogen and oxygen atoms in total. The molecule has 23 heavy (non-hydrogen) atoms. The van der Waals surface area contributed by atoms with Crippen molar-refractivity contribution >= 4 is 35.8 Å². The van der Waals surface area contributed by atoms with E-state index in [1.54, 1.807) is 7.05 Å². The third-order valence-electron chi connectivity index (χ3n) is 4.07. The molecule has 0 aliphatic carbocycles. The van der Waals surface area contributed by atoms with Crippen LogP contribution in [0.5, 0.6) is 0 Å². The Bertz CT molecular complexity index is 547. The first-order valence-corrected chi connectivity index (χ1v) is 7.96. The Hall–Kier alpha value is -1.31. The number of halogens is 1. The summed E-state index contributed by atoms with van der Waals surface area (Å²) in [6.07, 6.45) is 3.25. The maximum Gasteiger partial charge on any atom is 0.251 e. The SMILES string of the molecule is CNC(=O)c1cccc(CCN=C(N)N2CCCC(C)C2)c1.I. The summed E-state index contributed by atoms with van der Waals surface area (Å²) in [7, 11) is 1.64. The molecule has 0 saturated carbocycles. The van der Waals surface area contributed by atoms with Crippen LogP contribution in [0.3, 0.4) is 0 Å². The quantitative estimate of drug-likeness (QED) is 0.438. The lowest BCUT2D eigenvalue weighted by molar-refractivity contribution is 0.0963. The lowest BCUT2D eigenvalue weighted by atomic mass is 10.0. The largest absolute Gasteiger partial charge is 0.370 e. The number of amides is 1. The number of nitrogens with zero attached hydrogens (tertiary/aromatic N) is 2. The van der Waals surface area contributed by atoms with Crippen molar-refractivity contribution in [3.05, 3.63) is 35.4 Å². The van der Waals surface area contributed by atoms with Crippen LogP contribution in [0.4, 0.5) is 0 Å². The van der Waals surface area contributed by atoms with E-state index in [9.17, 15) is 4.79 Å². The fourth-order valence-corrected chi connectivity index (χ4v) is 2.81. The van der Waals surface area contributed by atoms with Gasteiger partial charge < -0.3 is 16.0 Å². The Morgan fingerprint density at radius 3 is 2.96 bits per heavy atom. The highest BCUT2D eigenvalue weighted by molar-refractivity contribution is 14.0. The van der Waals surface area contributed by atoms with E-state index < -0.39 is 0 Å². The second-order valence-electron chi connectivity index (χ2n) is 5.96. The van der Waals surface area contributed by atoms with Gasteiger partial charge in [-0.15, -0.1) is 24.0 Å². The van der Waals surface area contributed by atoms with E-state index in [4.69, 9.17) is 5.73 Å². The van der Waals surface area contributed by atoms with Crippen LogP contribution in [-0.2, 0) is 6.42 Å². The van der Waals surface area contributed by atoms with E-state index in [0.29, 0.717) is 24.0 Å². The number of rotatable bonds is 4. The first kappa shape index (κ1) is 19.7. The molecule has 0 aromatic heterocycles. The van der Waals surface area contributed by atoms with Crippen molar-refractivity contribution in [2.45, 2.75) is 26.2 Å². The summed E-state index contributed by atoms with van der Waals surface area (Å²) < 4.78 is 0. The molecule has 1 unspecified atom stereocenters. The third-order valence-corrected chi connectivity index (χ3v) is 4.07. The second kappa shape index (κ2) is 9.75. The van der Waals surface area contributed by atoms with Crippen molar-refractivity contribution in [3.63, 3.8) is 0 Å². The number of benzene rings is 1. The maximum absolute atomic E-state index is 11.6. The standard InChI is InChI=1S/C17H26N4O.HI/c1-13-5-4-10-21(12-13)17(18)20-9-8-14-6-3-7-15(11-14)16(22)19-2;/h3,6-7,11,13H,4-5,8-10,12H2,1-2H3,(H2,18,20)(H,19,22);1H. The zero-order chi connectivity index (χ0) is 15.9. The molecule has 128 valence electrons. The molecule has 1 aromatic rings. The minimum absolute atomic E-state index is 0. The number of hydrogen-bond donors (Lipinski definition) is 2. The van der Waals surface area contributed by atoms with Crippen molar-refractivity contribution < 1.29 is 4.79 Å². The Morgan fingerprint density at radius 2 is 2.26 bits per heavy atom. The van der Waals surface area contributed by atoms with Gasteiger partial charge in [-0.1, -0.05) is 19.1 Å². The molecule has 1 amide bonds. The molecule has 1 aliphatic heterocycles. The Labute approximate surface area is 155 Å². The van der Waals surface area contributed by atoms with Crippen molar-refractivity contribution in [2.75, 3.05) is 26.7 Å². The summed E-state index contributed by atoms with van der Waals surface area (Å²) in [4.78, 5) is 18.3. The van der Waals surface area contributed by atoms with Gasteiger partial charge in [-0.3, -0.25) is 9.79 Å². The lowest BCUT2D eigenvalue weighted by Crippen LogP contribution is -2.43. The molecule has 2 rings (SSSR count). The summed E-state index contributed by atoms with van der Waals surface area (Å²) in [6, 6.07) is 7.64. The highest BCUT2D eigenvalue weighted by Crippen LogP contribution is 2.15. The first-order chi connectivity index (χ1) is 10.6. The van der Waals surface area contributed by atoms with Gasteiger partial charge in [-0.2, -0.15) is 0 Å². The average Bonchev–Trinajstić information content (AvgIpc) is 2.54. The Balaban J connectivity index is 0.00000264. The van der Waals surface area contributed by atoms with Gasteiger partial charge in [0.1, 0.15) is 0 Å². The van der Waals surface area contributed by atoms with E-state index in [-0.39, 0.29) is 29.9 Å². The summed E-state index contributed by atoms with van der Waals surface area (Å²) in [5.74, 6) is 1.27. The minimum Gasteiger partial charge on any atom is -0.370 e. The molecule has 1 aromatic carbocycles. The van der Waals surface area contributed by atoms with E-state index in [0.717, 1.165) is 25.1 Å². The molecule has 1 aliphatic rings. The Morgan fingerprint density at radius 1 is 1.48 bits per heavy atom. The third kappa shape index (κ3) is 6.01. The lowest BCUT2D eigenvalue weighted by Gasteiger charge is -2.31. The highest BCUT2D eigenvalue weighted by atomic mass is 127. The zero-order valence-electron chi connectivity index (χ0n) is 13.9. The number of carbonyl (C=O) groups is 1. The van der Waals surface area contributed by atoms with Crippen LogP contribution in [-0.4, -0.2) is 43.4 Å². The average molecular weight is 430 g/mol. The molecular formula is C17H27IN4O. The molecule has 3 N–H and O–H groups in total. The predicted octanol–water partition coefficient (Wildman–Crippen LogP) is 2.25. The van der Waals surface area contributed by atoms with Gasteiger partial charge in [-0.25, -0.2) is 0 Å². The summed E-state index contributed by atoms with van der Waals surface area (Å²) in [6.45, 7) is 4.91. The Kier molecular flexibility index (Phi) is 8.36. The fourth-order valence-electron chi connectivity index (χ4n) is 2.81. The van der Waals surface area contributed by atoms with Gasteiger partial charge in [0.25, 0.3) is 5.91 Å². The molecule has 0 bridgehead atoms. The fraction of sp³-hybridized carbons (Fsp3) is 0.529. The van der Waals surface area contributed by atoms with Crippen molar-refractivity contribution in [2.24, 2.45) is 16.6 Å². The molecule has 6 heteroatoms. The number of aliphatic imine (C=N–C) groups is 1. The van der Waals surface area contributed by atoms with Crippen LogP contribution in [0.25, 0.3) is 0 Å². The first-order valence-electron chi connectivity index (χ1n) is 7.96. The molecule has 1 atom stereocenters. The summed E-state index contributed by atoms with van der Waals surface area (Å²) in [5.41, 5.74) is 7.87. The monoisotopic (exact) mass is 430 g/mol. The zero-order valence-corrected chi connectivity index (χ0v) is 16.2. The van der Waals surface area contributed by atoms with E-state index in [2.05, 4.69) is 22.1 Å². The van der Waals surface area contributed by atoms with E-state index >= 15 is 0 Å². The van der Waals surface area contributed by atoms with Crippen molar-refractivity contribution in [1.29, 1.82) is 0 Å². The minimum atomic E-state index is -0.0628. The number of likely N-dealkylation sites (tertiary alicyclic amines) is 1. The predicted molar refractivity (Wildman–Crippen MR) is 105 cm³/mol. The number of guanidine groups is 1. The van der Waals surface area contributed by atoms with Gasteiger partial charge >= 0.3 is 0 Å². The number of carbonyl (C=O) groups excluding carboxylic acids is 1. The maximum atomic E-state index is 11.6. The molecule has 0 radical (unpaired) electrons. The number of nitrogens with one attached hydrogen (secondary N) is 1. The topological polar surface area (TPSA) is 70.7 Å². The highest BCUT2D eigenvalue weighted by Gasteiger charge is 2.17. The summed E-state index contributed by atoms with van der Waals surface area (Å²) >= 11 is 0. The molecule has 1 fully saturated rings. The van der Waals surface area contributed by atoms with Crippen LogP contribution in [0.15, 0.2) is 29.3 Å². The van der Waals surface area contributed by atoms with Gasteiger partial charge in [0.05, 0.1) is 0 Å². The van der Waals surface area contributed by atoms with E-state index in [1.807, 2.05) is 24.3 Å². The van der Waals surface area contributed by atoms with Crippen LogP contribution >= 0.6 is 24.0 Å². The van der Waals surface area contributed by atoms with Gasteiger partial charge in [0, 0.05) is 32.2 Å². The number of piperidine rings is 1. The van der Waals surface area contributed by atoms with Gasteiger partial charge in [0.15, 0.2) is 5.96 Å². The smallest absolute Gasteiger partial charge is 0.251 e. The van der Waals surface area contributed by atoms with Gasteiger partial charge in [-0.05, 0) is 42.9 Å². The van der Waals surface area contributed by atoms with E-state index in [1.165, 1.54) is 12.8 Å². The van der Waals surface area contributed by atoms with Crippen LogP contribution < -0.4 is 11.1 Å². The van der Waals surface area contributed by atoms with Crippen LogP contribution in [0.2, 0.25) is 0 Å². The van der Waals surface area contributed by atoms with Crippen molar-refractivity contribution in [1.82, 2.24) is 10.2 Å². The van der Waals surface area contributed by atoms with Crippen LogP contribution in [0.1, 0.15) is 35.7 Å². The van der Waals surface area contributed by atoms with Crippen molar-refractivity contribution in [3.8, 4) is 0 Å².